The molecule has 25 heavy (non-hydrogen) atoms. The number of halogens is 2. The van der Waals surface area contributed by atoms with Gasteiger partial charge >= 0.3 is 5.97 Å². The summed E-state index contributed by atoms with van der Waals surface area (Å²) in [6, 6.07) is 5.76. The van der Waals surface area contributed by atoms with Crippen LogP contribution in [0.2, 0.25) is 0 Å². The third-order valence-corrected chi connectivity index (χ3v) is 4.83. The predicted molar refractivity (Wildman–Crippen MR) is 81.6 cm³/mol. The van der Waals surface area contributed by atoms with Crippen LogP contribution in [0.15, 0.2) is 47.4 Å². The Morgan fingerprint density at radius 3 is 2.44 bits per heavy atom. The summed E-state index contributed by atoms with van der Waals surface area (Å²) in [4.78, 5) is 20.4. The Kier molecular flexibility index (Phi) is 4.97. The second-order valence-electron chi connectivity index (χ2n) is 4.76. The van der Waals surface area contributed by atoms with E-state index < -0.39 is 55.4 Å². The molecule has 0 atom stereocenters. The summed E-state index contributed by atoms with van der Waals surface area (Å²) >= 11 is 0. The number of carbonyl (C=O) groups is 1. The number of carboxylic acid groups (broad SMARTS) is 1. The van der Waals surface area contributed by atoms with Crippen molar-refractivity contribution in [2.45, 2.75) is 4.90 Å². The first-order chi connectivity index (χ1) is 11.6. The van der Waals surface area contributed by atoms with Crippen LogP contribution in [-0.4, -0.2) is 31.0 Å². The van der Waals surface area contributed by atoms with Crippen LogP contribution in [-0.2, 0) is 14.8 Å². The number of anilines is 1. The molecule has 0 aliphatic heterocycles. The zero-order valence-electron chi connectivity index (χ0n) is 12.3. The summed E-state index contributed by atoms with van der Waals surface area (Å²) in [5, 5.41) is 19.7. The minimum absolute atomic E-state index is 0.198. The topological polar surface area (TPSA) is 118 Å². The van der Waals surface area contributed by atoms with Crippen LogP contribution in [0.5, 0.6) is 0 Å². The lowest BCUT2D eigenvalue weighted by molar-refractivity contribution is -0.385. The van der Waals surface area contributed by atoms with E-state index in [1.54, 1.807) is 0 Å². The van der Waals surface area contributed by atoms with Gasteiger partial charge in [-0.15, -0.1) is 0 Å². The molecule has 0 aliphatic carbocycles. The van der Waals surface area contributed by atoms with Gasteiger partial charge in [-0.2, -0.15) is 0 Å². The van der Waals surface area contributed by atoms with Crippen LogP contribution in [0, 0.1) is 21.7 Å². The normalized spacial score (nSPS) is 11.1. The average Bonchev–Trinajstić information content (AvgIpc) is 2.53. The van der Waals surface area contributed by atoms with E-state index in [2.05, 4.69) is 0 Å². The van der Waals surface area contributed by atoms with Gasteiger partial charge in [-0.1, -0.05) is 6.07 Å². The van der Waals surface area contributed by atoms with Crippen molar-refractivity contribution in [1.29, 1.82) is 0 Å². The number of nitrogens with zero attached hydrogens (tertiary/aromatic N) is 2. The molecule has 0 saturated heterocycles. The van der Waals surface area contributed by atoms with E-state index in [0.29, 0.717) is 12.1 Å². The van der Waals surface area contributed by atoms with Crippen molar-refractivity contribution < 1.29 is 32.0 Å². The highest BCUT2D eigenvalue weighted by Gasteiger charge is 2.30. The zero-order valence-corrected chi connectivity index (χ0v) is 13.1. The van der Waals surface area contributed by atoms with Gasteiger partial charge in [0, 0.05) is 18.2 Å². The van der Waals surface area contributed by atoms with E-state index >= 15 is 0 Å². The molecule has 11 heteroatoms. The van der Waals surface area contributed by atoms with Gasteiger partial charge in [0.25, 0.3) is 15.7 Å². The molecule has 2 aromatic rings. The highest BCUT2D eigenvalue weighted by atomic mass is 32.2. The van der Waals surface area contributed by atoms with Crippen LogP contribution in [0.4, 0.5) is 20.2 Å². The highest BCUT2D eigenvalue weighted by Crippen LogP contribution is 2.28. The SMILES string of the molecule is O=C(O)CN(c1ccc(F)cc1F)S(=O)(=O)c1cccc([N+](=O)[O-])c1. The van der Waals surface area contributed by atoms with Gasteiger partial charge in [0.05, 0.1) is 15.5 Å². The average molecular weight is 372 g/mol. The summed E-state index contributed by atoms with van der Waals surface area (Å²) in [6.07, 6.45) is 0. The van der Waals surface area contributed by atoms with Gasteiger partial charge < -0.3 is 5.11 Å². The maximum atomic E-state index is 14.0. The first kappa shape index (κ1) is 18.3. The summed E-state index contributed by atoms with van der Waals surface area (Å²) in [5.74, 6) is -3.88. The number of benzene rings is 2. The molecule has 0 aliphatic rings. The van der Waals surface area contributed by atoms with Crippen LogP contribution in [0.25, 0.3) is 0 Å². The molecule has 0 amide bonds. The first-order valence-electron chi connectivity index (χ1n) is 6.57. The highest BCUT2D eigenvalue weighted by molar-refractivity contribution is 7.92. The molecular formula is C14H10F2N2O6S. The Morgan fingerprint density at radius 1 is 1.20 bits per heavy atom. The molecule has 132 valence electrons. The van der Waals surface area contributed by atoms with E-state index in [1.165, 1.54) is 0 Å². The predicted octanol–water partition coefficient (Wildman–Crippen LogP) is 2.15. The first-order valence-corrected chi connectivity index (χ1v) is 8.01. The van der Waals surface area contributed by atoms with Crippen molar-refractivity contribution in [3.8, 4) is 0 Å². The number of aliphatic carboxylic acids is 1. The quantitative estimate of drug-likeness (QED) is 0.613. The van der Waals surface area contributed by atoms with E-state index in [1.807, 2.05) is 0 Å². The maximum absolute atomic E-state index is 14.0. The standard InChI is InChI=1S/C14H10F2N2O6S/c15-9-4-5-13(12(16)6-9)17(8-14(19)20)25(23,24)11-3-1-2-10(7-11)18(21)22/h1-7H,8H2,(H,19,20). The number of nitro groups is 1. The molecule has 8 nitrogen and oxygen atoms in total. The maximum Gasteiger partial charge on any atom is 0.324 e. The van der Waals surface area contributed by atoms with Crippen molar-refractivity contribution in [2.24, 2.45) is 0 Å². The molecule has 1 N–H and O–H groups in total. The lowest BCUT2D eigenvalue weighted by atomic mass is 10.3. The number of hydrogen-bond donors (Lipinski definition) is 1. The van der Waals surface area contributed by atoms with Gasteiger partial charge in [0.1, 0.15) is 18.2 Å². The van der Waals surface area contributed by atoms with E-state index in [0.717, 1.165) is 30.3 Å². The van der Waals surface area contributed by atoms with Crippen LogP contribution >= 0.6 is 0 Å². The van der Waals surface area contributed by atoms with Crippen molar-refractivity contribution in [2.75, 3.05) is 10.8 Å². The Hall–Kier alpha value is -3.08. The van der Waals surface area contributed by atoms with Gasteiger partial charge in [-0.25, -0.2) is 17.2 Å². The van der Waals surface area contributed by atoms with E-state index in [4.69, 9.17) is 5.11 Å². The number of carboxylic acids is 1. The van der Waals surface area contributed by atoms with Gasteiger partial charge in [0.2, 0.25) is 0 Å². The largest absolute Gasteiger partial charge is 0.480 e. The molecule has 0 unspecified atom stereocenters. The van der Waals surface area contributed by atoms with Crippen molar-refractivity contribution in [3.63, 3.8) is 0 Å². The third kappa shape index (κ3) is 3.88. The van der Waals surface area contributed by atoms with Crippen molar-refractivity contribution in [3.05, 3.63) is 64.2 Å². The summed E-state index contributed by atoms with van der Waals surface area (Å²) < 4.78 is 52.5. The number of nitro benzene ring substituents is 1. The van der Waals surface area contributed by atoms with Gasteiger partial charge in [-0.05, 0) is 18.2 Å². The molecule has 0 saturated carbocycles. The molecule has 2 rings (SSSR count). The smallest absolute Gasteiger partial charge is 0.324 e. The molecule has 0 bridgehead atoms. The second kappa shape index (κ2) is 6.81. The van der Waals surface area contributed by atoms with Crippen LogP contribution in [0.1, 0.15) is 0 Å². The Labute approximate surface area is 140 Å². The summed E-state index contributed by atoms with van der Waals surface area (Å²) in [7, 11) is -4.65. The van der Waals surface area contributed by atoms with Gasteiger partial charge in [-0.3, -0.25) is 19.2 Å². The molecule has 0 aromatic heterocycles. The number of hydrogen-bond acceptors (Lipinski definition) is 5. The van der Waals surface area contributed by atoms with E-state index in [9.17, 15) is 32.1 Å². The number of sulfonamides is 1. The zero-order chi connectivity index (χ0) is 18.8. The molecule has 0 fully saturated rings. The van der Waals surface area contributed by atoms with Gasteiger partial charge in [0.15, 0.2) is 0 Å². The minimum Gasteiger partial charge on any atom is -0.480 e. The Balaban J connectivity index is 2.62. The fraction of sp³-hybridized carbons (Fsp3) is 0.0714. The van der Waals surface area contributed by atoms with Crippen molar-refractivity contribution in [1.82, 2.24) is 0 Å². The fourth-order valence-corrected chi connectivity index (χ4v) is 3.45. The lowest BCUT2D eigenvalue weighted by Crippen LogP contribution is -2.36. The monoisotopic (exact) mass is 372 g/mol. The Morgan fingerprint density at radius 2 is 1.88 bits per heavy atom. The summed E-state index contributed by atoms with van der Waals surface area (Å²) in [6.45, 7) is -1.16. The molecule has 0 radical (unpaired) electrons. The third-order valence-electron chi connectivity index (χ3n) is 3.07. The summed E-state index contributed by atoms with van der Waals surface area (Å²) in [5.41, 5.74) is -1.24. The lowest BCUT2D eigenvalue weighted by Gasteiger charge is -2.23. The van der Waals surface area contributed by atoms with Crippen LogP contribution in [0.3, 0.4) is 0 Å². The minimum atomic E-state index is -4.65. The number of non-ortho nitro benzene ring substituents is 1. The second-order valence-corrected chi connectivity index (χ2v) is 6.62. The molecular weight excluding hydrogens is 362 g/mol. The van der Waals surface area contributed by atoms with Crippen LogP contribution < -0.4 is 4.31 Å². The van der Waals surface area contributed by atoms with Crippen molar-refractivity contribution >= 4 is 27.4 Å². The number of rotatable bonds is 6. The molecule has 0 heterocycles. The van der Waals surface area contributed by atoms with E-state index in [-0.39, 0.29) is 4.31 Å². The molecule has 0 spiro atoms. The molecule has 2 aromatic carbocycles. The Bertz CT molecular complexity index is 948. The fourth-order valence-electron chi connectivity index (χ4n) is 1.99.